The average Bonchev–Trinajstić information content (AvgIpc) is 2.97. The van der Waals surface area contributed by atoms with E-state index in [1.807, 2.05) is 0 Å². The predicted molar refractivity (Wildman–Crippen MR) is 110 cm³/mol. The molecule has 2 heterocycles. The number of sulfonamides is 1. The number of ether oxygens (including phenoxy) is 1. The molecule has 2 saturated heterocycles. The molecule has 0 spiro atoms. The summed E-state index contributed by atoms with van der Waals surface area (Å²) in [5.41, 5.74) is 0.0630. The molecular weight excluding hydrogens is 412 g/mol. The molecule has 29 heavy (non-hydrogen) atoms. The van der Waals surface area contributed by atoms with Crippen LogP contribution in [0.25, 0.3) is 0 Å². The lowest BCUT2D eigenvalue weighted by Gasteiger charge is -2.58. The van der Waals surface area contributed by atoms with Gasteiger partial charge in [0, 0.05) is 44.4 Å². The fourth-order valence-corrected chi connectivity index (χ4v) is 8.03. The first kappa shape index (κ1) is 21.2. The van der Waals surface area contributed by atoms with Gasteiger partial charge in [0.2, 0.25) is 10.0 Å². The van der Waals surface area contributed by atoms with Crippen molar-refractivity contribution in [3.05, 3.63) is 24.3 Å². The highest BCUT2D eigenvalue weighted by atomic mass is 32.2. The Labute approximate surface area is 174 Å². The van der Waals surface area contributed by atoms with Crippen molar-refractivity contribution >= 4 is 19.9 Å². The van der Waals surface area contributed by atoms with Gasteiger partial charge in [0.1, 0.15) is 0 Å². The zero-order chi connectivity index (χ0) is 21.1. The van der Waals surface area contributed by atoms with Crippen LogP contribution in [0.3, 0.4) is 0 Å². The van der Waals surface area contributed by atoms with E-state index >= 15 is 0 Å². The van der Waals surface area contributed by atoms with Crippen molar-refractivity contribution < 1.29 is 21.6 Å². The van der Waals surface area contributed by atoms with E-state index in [9.17, 15) is 16.8 Å². The molecule has 4 rings (SSSR count). The number of benzene rings is 1. The maximum atomic E-state index is 13.4. The van der Waals surface area contributed by atoms with E-state index in [1.165, 1.54) is 24.3 Å². The van der Waals surface area contributed by atoms with Crippen LogP contribution in [-0.2, 0) is 24.6 Å². The van der Waals surface area contributed by atoms with E-state index < -0.39 is 19.9 Å². The Morgan fingerprint density at radius 3 is 2.38 bits per heavy atom. The van der Waals surface area contributed by atoms with Gasteiger partial charge >= 0.3 is 0 Å². The van der Waals surface area contributed by atoms with Crippen LogP contribution in [0, 0.1) is 16.7 Å². The van der Waals surface area contributed by atoms with Crippen molar-refractivity contribution in [1.82, 2.24) is 9.21 Å². The third kappa shape index (κ3) is 3.76. The summed E-state index contributed by atoms with van der Waals surface area (Å²) in [5, 5.41) is 0. The Morgan fingerprint density at radius 1 is 1.10 bits per heavy atom. The van der Waals surface area contributed by atoms with Gasteiger partial charge in [-0.25, -0.2) is 16.8 Å². The number of nitrogens with zero attached hydrogens (tertiary/aromatic N) is 2. The number of hydrogen-bond acceptors (Lipinski definition) is 6. The highest BCUT2D eigenvalue weighted by Gasteiger charge is 2.64. The molecule has 9 heteroatoms. The van der Waals surface area contributed by atoms with E-state index in [4.69, 9.17) is 4.74 Å². The molecule has 0 amide bonds. The maximum absolute atomic E-state index is 13.4. The number of sulfone groups is 1. The van der Waals surface area contributed by atoms with E-state index in [1.54, 1.807) is 4.31 Å². The summed E-state index contributed by atoms with van der Waals surface area (Å²) in [7, 11) is -7.22. The van der Waals surface area contributed by atoms with Gasteiger partial charge in [0.25, 0.3) is 0 Å². The zero-order valence-corrected chi connectivity index (χ0v) is 18.9. The second-order valence-electron chi connectivity index (χ2n) is 9.51. The fraction of sp³-hybridized carbons (Fsp3) is 0.700. The average molecular weight is 443 g/mol. The van der Waals surface area contributed by atoms with Crippen LogP contribution >= 0.6 is 0 Å². The highest BCUT2D eigenvalue weighted by molar-refractivity contribution is 7.91. The van der Waals surface area contributed by atoms with Gasteiger partial charge in [-0.15, -0.1) is 0 Å². The Morgan fingerprint density at radius 2 is 1.76 bits per heavy atom. The molecule has 2 aliphatic heterocycles. The van der Waals surface area contributed by atoms with E-state index in [0.717, 1.165) is 45.5 Å². The molecule has 0 radical (unpaired) electrons. The molecule has 0 aromatic heterocycles. The van der Waals surface area contributed by atoms with Crippen molar-refractivity contribution in [2.24, 2.45) is 16.7 Å². The summed E-state index contributed by atoms with van der Waals surface area (Å²) in [6.07, 6.45) is 2.09. The van der Waals surface area contributed by atoms with Gasteiger partial charge < -0.3 is 4.74 Å². The van der Waals surface area contributed by atoms with Crippen molar-refractivity contribution in [3.63, 3.8) is 0 Å². The summed E-state index contributed by atoms with van der Waals surface area (Å²) in [6.45, 7) is 9.53. The number of fused-ring (bicyclic) bond motifs is 1. The largest absolute Gasteiger partial charge is 0.379 e. The van der Waals surface area contributed by atoms with Crippen molar-refractivity contribution in [2.45, 2.75) is 30.1 Å². The molecular formula is C20H30N2O5S2. The third-order valence-corrected chi connectivity index (χ3v) is 9.80. The minimum Gasteiger partial charge on any atom is -0.379 e. The topological polar surface area (TPSA) is 84.0 Å². The summed E-state index contributed by atoms with van der Waals surface area (Å²) in [4.78, 5) is 2.48. The van der Waals surface area contributed by atoms with Crippen LogP contribution in [0.5, 0.6) is 0 Å². The van der Waals surface area contributed by atoms with E-state index in [0.29, 0.717) is 19.0 Å². The minimum atomic E-state index is -3.75. The number of rotatable bonds is 5. The first-order chi connectivity index (χ1) is 13.4. The lowest BCUT2D eigenvalue weighted by atomic mass is 9.48. The van der Waals surface area contributed by atoms with E-state index in [2.05, 4.69) is 18.7 Å². The lowest BCUT2D eigenvalue weighted by Crippen LogP contribution is -2.59. The van der Waals surface area contributed by atoms with Crippen molar-refractivity contribution in [3.8, 4) is 0 Å². The second kappa shape index (κ2) is 7.02. The van der Waals surface area contributed by atoms with Gasteiger partial charge in [-0.05, 0) is 36.0 Å². The first-order valence-electron chi connectivity index (χ1n) is 10.0. The highest BCUT2D eigenvalue weighted by Crippen LogP contribution is 2.63. The predicted octanol–water partition coefficient (Wildman–Crippen LogP) is 1.46. The standard InChI is InChI=1S/C20H30N2O5S2/c1-19(2)13-20(14-21-7-9-27-10-8-21)15-22(12-18(19)20)29(25,26)17-6-4-5-16(11-17)28(3,23)24/h4-6,11,18H,7-10,12-15H2,1-3H3/t18-,20+/m1/s1. The van der Waals surface area contributed by atoms with Crippen LogP contribution in [0.15, 0.2) is 34.1 Å². The van der Waals surface area contributed by atoms with Gasteiger partial charge in [-0.2, -0.15) is 4.31 Å². The minimum absolute atomic E-state index is 0.0316. The van der Waals surface area contributed by atoms with Gasteiger partial charge in [0.05, 0.1) is 23.0 Å². The Hall–Kier alpha value is -1.00. The molecule has 0 N–H and O–H groups in total. The third-order valence-electron chi connectivity index (χ3n) is 6.88. The lowest BCUT2D eigenvalue weighted by molar-refractivity contribution is -0.0965. The molecule has 1 aromatic carbocycles. The summed E-state index contributed by atoms with van der Waals surface area (Å²) < 4.78 is 57.5. The van der Waals surface area contributed by atoms with Crippen molar-refractivity contribution in [1.29, 1.82) is 0 Å². The monoisotopic (exact) mass is 442 g/mol. The summed E-state index contributed by atoms with van der Waals surface area (Å²) >= 11 is 0. The quantitative estimate of drug-likeness (QED) is 0.687. The second-order valence-corrected chi connectivity index (χ2v) is 13.5. The molecule has 0 unspecified atom stereocenters. The molecule has 162 valence electrons. The van der Waals surface area contributed by atoms with Crippen molar-refractivity contribution in [2.75, 3.05) is 52.2 Å². The van der Waals surface area contributed by atoms with Crippen LogP contribution in [0.2, 0.25) is 0 Å². The Kier molecular flexibility index (Phi) is 5.14. The molecule has 7 nitrogen and oxygen atoms in total. The molecule has 1 aliphatic carbocycles. The normalized spacial score (nSPS) is 30.7. The molecule has 1 aromatic rings. The van der Waals surface area contributed by atoms with Gasteiger partial charge in [0.15, 0.2) is 9.84 Å². The summed E-state index contributed by atoms with van der Waals surface area (Å²) in [5.74, 6) is 0.297. The first-order valence-corrected chi connectivity index (χ1v) is 13.4. The molecule has 2 atom stereocenters. The van der Waals surface area contributed by atoms with E-state index in [-0.39, 0.29) is 20.6 Å². The molecule has 1 saturated carbocycles. The fourth-order valence-electron chi connectivity index (χ4n) is 5.70. The smallest absolute Gasteiger partial charge is 0.243 e. The Bertz CT molecular complexity index is 999. The van der Waals surface area contributed by atoms with Crippen LogP contribution in [0.1, 0.15) is 20.3 Å². The van der Waals surface area contributed by atoms with Crippen LogP contribution < -0.4 is 0 Å². The molecule has 3 aliphatic rings. The Balaban J connectivity index is 1.61. The summed E-state index contributed by atoms with van der Waals surface area (Å²) in [6, 6.07) is 5.71. The van der Waals surface area contributed by atoms with Crippen LogP contribution in [0.4, 0.5) is 0 Å². The molecule has 3 fully saturated rings. The van der Waals surface area contributed by atoms with Gasteiger partial charge in [-0.1, -0.05) is 19.9 Å². The SMILES string of the molecule is CC1(C)C[C@]2(CN3CCOCC3)CN(S(=O)(=O)c3cccc(S(C)(=O)=O)c3)C[C@H]12. The molecule has 0 bridgehead atoms. The van der Waals surface area contributed by atoms with Crippen LogP contribution in [-0.4, -0.2) is 78.2 Å². The number of hydrogen-bond donors (Lipinski definition) is 0. The van der Waals surface area contributed by atoms with Gasteiger partial charge in [-0.3, -0.25) is 4.90 Å². The number of morpholine rings is 1. The maximum Gasteiger partial charge on any atom is 0.243 e. The zero-order valence-electron chi connectivity index (χ0n) is 17.3.